The van der Waals surface area contributed by atoms with Crippen molar-refractivity contribution in [3.05, 3.63) is 0 Å². The number of hydrogen-bond acceptors (Lipinski definition) is 1. The van der Waals surface area contributed by atoms with Gasteiger partial charge in [0.1, 0.15) is 0 Å². The molecule has 3 aliphatic rings. The van der Waals surface area contributed by atoms with Crippen molar-refractivity contribution in [3.63, 3.8) is 0 Å². The second-order valence-corrected chi connectivity index (χ2v) is 7.62. The van der Waals surface area contributed by atoms with E-state index in [0.717, 1.165) is 30.1 Å². The summed E-state index contributed by atoms with van der Waals surface area (Å²) >= 11 is 0. The maximum absolute atomic E-state index is 10.3. The molecule has 3 aliphatic carbocycles. The Bertz CT molecular complexity index is 292. The Hall–Kier alpha value is -0.0400. The predicted molar refractivity (Wildman–Crippen MR) is 70.6 cm³/mol. The van der Waals surface area contributed by atoms with Gasteiger partial charge in [0.15, 0.2) is 0 Å². The Morgan fingerprint density at radius 1 is 0.941 bits per heavy atom. The van der Waals surface area contributed by atoms with Gasteiger partial charge in [0.25, 0.3) is 0 Å². The van der Waals surface area contributed by atoms with Gasteiger partial charge in [-0.2, -0.15) is 0 Å². The first-order valence-electron chi connectivity index (χ1n) is 7.70. The highest BCUT2D eigenvalue weighted by atomic mass is 16.3. The average molecular weight is 236 g/mol. The number of fused-ring (bicyclic) bond motifs is 2. The van der Waals surface area contributed by atoms with Gasteiger partial charge in [-0.3, -0.25) is 0 Å². The fourth-order valence-electron chi connectivity index (χ4n) is 5.34. The lowest BCUT2D eigenvalue weighted by Crippen LogP contribution is -2.40. The predicted octanol–water partition coefficient (Wildman–Crippen LogP) is 3.86. The third kappa shape index (κ3) is 1.69. The van der Waals surface area contributed by atoms with Crippen molar-refractivity contribution < 1.29 is 5.11 Å². The van der Waals surface area contributed by atoms with Crippen LogP contribution in [0.15, 0.2) is 0 Å². The van der Waals surface area contributed by atoms with Crippen LogP contribution in [-0.2, 0) is 0 Å². The van der Waals surface area contributed by atoms with E-state index in [0.29, 0.717) is 11.3 Å². The second kappa shape index (κ2) is 3.98. The van der Waals surface area contributed by atoms with Crippen LogP contribution in [0.2, 0.25) is 0 Å². The fourth-order valence-corrected chi connectivity index (χ4v) is 5.34. The maximum Gasteiger partial charge on any atom is 0.0571 e. The van der Waals surface area contributed by atoms with Gasteiger partial charge < -0.3 is 5.11 Å². The van der Waals surface area contributed by atoms with E-state index in [9.17, 15) is 5.11 Å². The van der Waals surface area contributed by atoms with Crippen molar-refractivity contribution in [2.45, 2.75) is 65.4 Å². The molecule has 3 rings (SSSR count). The molecule has 2 bridgehead atoms. The molecule has 1 N–H and O–H groups in total. The van der Waals surface area contributed by atoms with Crippen molar-refractivity contribution >= 4 is 0 Å². The zero-order valence-electron chi connectivity index (χ0n) is 11.7. The van der Waals surface area contributed by atoms with Crippen molar-refractivity contribution in [2.24, 2.45) is 35.0 Å². The van der Waals surface area contributed by atoms with Gasteiger partial charge in [-0.05, 0) is 60.7 Å². The lowest BCUT2D eigenvalue weighted by atomic mass is 9.61. The molecule has 0 aromatic carbocycles. The van der Waals surface area contributed by atoms with Gasteiger partial charge in [-0.1, -0.05) is 33.6 Å². The van der Waals surface area contributed by atoms with E-state index in [-0.39, 0.29) is 6.10 Å². The second-order valence-electron chi connectivity index (χ2n) is 7.62. The summed E-state index contributed by atoms with van der Waals surface area (Å²) in [5, 5.41) is 10.3. The summed E-state index contributed by atoms with van der Waals surface area (Å²) < 4.78 is 0. The van der Waals surface area contributed by atoms with E-state index >= 15 is 0 Å². The molecule has 0 spiro atoms. The van der Waals surface area contributed by atoms with Gasteiger partial charge in [0, 0.05) is 0 Å². The largest absolute Gasteiger partial charge is 0.393 e. The van der Waals surface area contributed by atoms with Crippen molar-refractivity contribution in [2.75, 3.05) is 0 Å². The monoisotopic (exact) mass is 236 g/mol. The molecule has 6 atom stereocenters. The Balaban J connectivity index is 1.76. The van der Waals surface area contributed by atoms with Crippen LogP contribution >= 0.6 is 0 Å². The quantitative estimate of drug-likeness (QED) is 0.733. The van der Waals surface area contributed by atoms with Gasteiger partial charge in [-0.15, -0.1) is 0 Å². The number of hydrogen-bond donors (Lipinski definition) is 1. The topological polar surface area (TPSA) is 20.2 Å². The molecule has 3 fully saturated rings. The van der Waals surface area contributed by atoms with Crippen LogP contribution in [-0.4, -0.2) is 11.2 Å². The minimum Gasteiger partial charge on any atom is -0.393 e. The summed E-state index contributed by atoms with van der Waals surface area (Å²) in [4.78, 5) is 0. The molecule has 0 heterocycles. The Morgan fingerprint density at radius 2 is 1.59 bits per heavy atom. The third-order valence-corrected chi connectivity index (χ3v) is 6.86. The van der Waals surface area contributed by atoms with E-state index in [2.05, 4.69) is 20.8 Å². The first-order chi connectivity index (χ1) is 8.01. The van der Waals surface area contributed by atoms with E-state index in [4.69, 9.17) is 0 Å². The molecule has 0 radical (unpaired) electrons. The van der Waals surface area contributed by atoms with Crippen LogP contribution < -0.4 is 0 Å². The van der Waals surface area contributed by atoms with Crippen LogP contribution in [0.3, 0.4) is 0 Å². The van der Waals surface area contributed by atoms with E-state index < -0.39 is 0 Å². The molecule has 0 saturated heterocycles. The highest BCUT2D eigenvalue weighted by molar-refractivity contribution is 5.05. The van der Waals surface area contributed by atoms with Crippen LogP contribution in [0, 0.1) is 35.0 Å². The maximum atomic E-state index is 10.3. The molecule has 0 amide bonds. The molecule has 98 valence electrons. The fraction of sp³-hybridized carbons (Fsp3) is 1.00. The molecule has 0 aliphatic heterocycles. The Kier molecular flexibility index (Phi) is 2.81. The number of aliphatic hydroxyl groups excluding tert-OH is 1. The summed E-state index contributed by atoms with van der Waals surface area (Å²) in [6.07, 6.45) is 7.83. The van der Waals surface area contributed by atoms with E-state index in [1.165, 1.54) is 32.1 Å². The van der Waals surface area contributed by atoms with Gasteiger partial charge in [0.2, 0.25) is 0 Å². The lowest BCUT2D eigenvalue weighted by molar-refractivity contribution is -0.0113. The summed E-state index contributed by atoms with van der Waals surface area (Å²) in [6.45, 7) is 7.40. The molecule has 17 heavy (non-hydrogen) atoms. The molecule has 6 unspecified atom stereocenters. The normalized spacial score (nSPS) is 52.9. The van der Waals surface area contributed by atoms with Crippen molar-refractivity contribution in [3.8, 4) is 0 Å². The first kappa shape index (κ1) is 12.0. The van der Waals surface area contributed by atoms with Crippen LogP contribution in [0.5, 0.6) is 0 Å². The zero-order valence-corrected chi connectivity index (χ0v) is 11.7. The highest BCUT2D eigenvalue weighted by Crippen LogP contribution is 2.63. The third-order valence-electron chi connectivity index (χ3n) is 6.86. The summed E-state index contributed by atoms with van der Waals surface area (Å²) in [6, 6.07) is 0. The van der Waals surface area contributed by atoms with Crippen molar-refractivity contribution in [1.82, 2.24) is 0 Å². The Morgan fingerprint density at radius 3 is 2.18 bits per heavy atom. The smallest absolute Gasteiger partial charge is 0.0571 e. The van der Waals surface area contributed by atoms with E-state index in [1.54, 1.807) is 0 Å². The SMILES string of the molecule is CC1C2CC(CC2C2CCCCC2O)C1(C)C. The summed E-state index contributed by atoms with van der Waals surface area (Å²) in [5.74, 6) is 4.19. The number of rotatable bonds is 1. The standard InChI is InChI=1S/C16H28O/c1-10-13-8-11(16(10,2)3)9-14(13)12-6-4-5-7-15(12)17/h10-15,17H,4-9H2,1-3H3. The van der Waals surface area contributed by atoms with Gasteiger partial charge >= 0.3 is 0 Å². The molecule has 3 saturated carbocycles. The van der Waals surface area contributed by atoms with Crippen LogP contribution in [0.25, 0.3) is 0 Å². The first-order valence-corrected chi connectivity index (χ1v) is 7.70. The van der Waals surface area contributed by atoms with Gasteiger partial charge in [-0.25, -0.2) is 0 Å². The van der Waals surface area contributed by atoms with E-state index in [1.807, 2.05) is 0 Å². The average Bonchev–Trinajstić information content (AvgIpc) is 2.80. The Labute approximate surface area is 106 Å². The van der Waals surface area contributed by atoms with Crippen LogP contribution in [0.1, 0.15) is 59.3 Å². The molecule has 1 nitrogen and oxygen atoms in total. The minimum absolute atomic E-state index is 0.0170. The molecule has 0 aromatic heterocycles. The molecule has 1 heteroatoms. The molecular formula is C16H28O. The highest BCUT2D eigenvalue weighted by Gasteiger charge is 2.56. The van der Waals surface area contributed by atoms with Crippen molar-refractivity contribution in [1.29, 1.82) is 0 Å². The number of aliphatic hydroxyl groups is 1. The van der Waals surface area contributed by atoms with Gasteiger partial charge in [0.05, 0.1) is 6.10 Å². The molecular weight excluding hydrogens is 208 g/mol. The minimum atomic E-state index is 0.0170. The molecule has 0 aromatic rings. The van der Waals surface area contributed by atoms with Crippen LogP contribution in [0.4, 0.5) is 0 Å². The summed E-state index contributed by atoms with van der Waals surface area (Å²) in [7, 11) is 0. The summed E-state index contributed by atoms with van der Waals surface area (Å²) in [5.41, 5.74) is 0.556. The lowest BCUT2D eigenvalue weighted by Gasteiger charge is -2.44. The zero-order chi connectivity index (χ0) is 12.2.